The van der Waals surface area contributed by atoms with Crippen molar-refractivity contribution in [3.8, 4) is 5.75 Å². The molecule has 1 N–H and O–H groups in total. The molecule has 10 heteroatoms. The lowest BCUT2D eigenvalue weighted by molar-refractivity contribution is -0.274. The summed E-state index contributed by atoms with van der Waals surface area (Å²) in [4.78, 5) is 4.67. The number of rotatable bonds is 38. The van der Waals surface area contributed by atoms with Crippen LogP contribution in [0.4, 0.5) is 13.2 Å². The van der Waals surface area contributed by atoms with Gasteiger partial charge in [-0.2, -0.15) is 4.86 Å². The molecule has 0 aliphatic heterocycles. The van der Waals surface area contributed by atoms with Crippen LogP contribution in [0.25, 0.3) is 0 Å². The smallest absolute Gasteiger partial charge is 0.401 e. The Balaban J connectivity index is 1.87. The van der Waals surface area contributed by atoms with Crippen LogP contribution in [0.15, 0.2) is 97.1 Å². The fourth-order valence-electron chi connectivity index (χ4n) is 13.6. The number of hydrogen-bond acceptors (Lipinski definition) is 2. The zero-order valence-electron chi connectivity index (χ0n) is 50.4. The Bertz CT molecular complexity index is 2080. The van der Waals surface area contributed by atoms with Crippen LogP contribution in [-0.2, 0) is 0 Å². The van der Waals surface area contributed by atoms with E-state index < -0.39 is 46.1 Å². The van der Waals surface area contributed by atoms with Gasteiger partial charge in [0.1, 0.15) is 5.30 Å². The molecule has 430 valence electrons. The van der Waals surface area contributed by atoms with E-state index in [1.807, 2.05) is 12.1 Å². The van der Waals surface area contributed by atoms with E-state index in [0.29, 0.717) is 0 Å². The lowest BCUT2D eigenvalue weighted by atomic mass is 10.0. The van der Waals surface area contributed by atoms with Crippen molar-refractivity contribution in [3.63, 3.8) is 0 Å². The Labute approximate surface area is 475 Å². The third-order valence-corrected chi connectivity index (χ3v) is 42.3. The van der Waals surface area contributed by atoms with Gasteiger partial charge in [0, 0.05) is 0 Å². The topological polar surface area (TPSA) is 21.3 Å². The number of benzene rings is 4. The molecular formula is C67H109F3NOP2Si3+. The maximum absolute atomic E-state index is 15.0. The highest BCUT2D eigenvalue weighted by Gasteiger charge is 2.55. The van der Waals surface area contributed by atoms with Crippen LogP contribution >= 0.6 is 15.5 Å². The monoisotopic (exact) mass is 1150 g/mol. The number of para-hydroxylation sites is 1. The molecule has 1 aliphatic rings. The first kappa shape index (κ1) is 65.7. The first-order chi connectivity index (χ1) is 37.3. The second-order valence-corrected chi connectivity index (χ2v) is 43.5. The minimum atomic E-state index is -4.82. The maximum Gasteiger partial charge on any atom is 0.573 e. The van der Waals surface area contributed by atoms with Crippen LogP contribution in [0, 0.1) is 0 Å². The van der Waals surface area contributed by atoms with E-state index in [9.17, 15) is 13.2 Å². The largest absolute Gasteiger partial charge is 0.573 e. The van der Waals surface area contributed by atoms with E-state index in [4.69, 9.17) is 4.74 Å². The molecule has 0 radical (unpaired) electrons. The van der Waals surface area contributed by atoms with Gasteiger partial charge in [-0.1, -0.05) is 327 Å². The lowest BCUT2D eigenvalue weighted by Gasteiger charge is -2.40. The van der Waals surface area contributed by atoms with Crippen molar-refractivity contribution in [1.29, 1.82) is 0 Å². The normalized spacial score (nSPS) is 14.8. The van der Waals surface area contributed by atoms with Gasteiger partial charge < -0.3 is 4.74 Å². The van der Waals surface area contributed by atoms with Crippen LogP contribution in [-0.4, -0.2) is 36.2 Å². The van der Waals surface area contributed by atoms with Gasteiger partial charge in [-0.25, -0.2) is 0 Å². The first-order valence-electron chi connectivity index (χ1n) is 32.0. The van der Waals surface area contributed by atoms with E-state index in [1.165, 1.54) is 186 Å². The molecule has 1 aliphatic carbocycles. The zero-order valence-corrected chi connectivity index (χ0v) is 55.2. The summed E-state index contributed by atoms with van der Waals surface area (Å²) in [6.07, 6.45) is 22.9. The molecular weight excluding hydrogens is 1040 g/mol. The molecule has 1 fully saturated rings. The van der Waals surface area contributed by atoms with Crippen molar-refractivity contribution in [1.82, 2.24) is 4.86 Å². The molecule has 1 unspecified atom stereocenters. The Morgan fingerprint density at radius 1 is 0.442 bits per heavy atom. The van der Waals surface area contributed by atoms with Crippen molar-refractivity contribution >= 4 is 76.5 Å². The molecule has 4 aromatic carbocycles. The van der Waals surface area contributed by atoms with Gasteiger partial charge in [-0.15, -0.1) is 13.2 Å². The van der Waals surface area contributed by atoms with Gasteiger partial charge in [0.05, 0.1) is 38.0 Å². The summed E-state index contributed by atoms with van der Waals surface area (Å²) >= 11 is 0. The summed E-state index contributed by atoms with van der Waals surface area (Å²) in [5, 5.41) is 9.24. The third kappa shape index (κ3) is 18.0. The molecule has 2 nitrogen and oxygen atoms in total. The van der Waals surface area contributed by atoms with E-state index in [2.05, 4.69) is 140 Å². The second kappa shape index (κ2) is 33.8. The van der Waals surface area contributed by atoms with E-state index in [0.717, 1.165) is 37.4 Å². The van der Waals surface area contributed by atoms with Crippen LogP contribution in [0.5, 0.6) is 5.75 Å². The summed E-state index contributed by atoms with van der Waals surface area (Å²) in [5.41, 5.74) is 0.153. The number of unbranched alkanes of at least 4 members (excludes halogenated alkanes) is 9. The highest BCUT2D eigenvalue weighted by Crippen LogP contribution is 2.66. The number of halogens is 3. The fourth-order valence-corrected chi connectivity index (χ4v) is 38.9. The Hall–Kier alpha value is -2.06. The highest BCUT2D eigenvalue weighted by molar-refractivity contribution is 7.96. The standard InChI is InChI=1S/C67H109F3NOP2Si3/c1-10-19-49-75(50-20-11-2,51-21-12-3)62-43-37-58(38-44-62)73(59-39-45-63(46-40-59)76(52-22-13-4,53-23-14-5)54-24-15-6)71-74(60-33-29-28-30-34-60,66-36-32-31-35-65(66)72-67(68,69)70)61-41-47-64(48-42-61)77(55-25-16-7,56-26-17-8)57-27-18-9/h31-32,35-48,60,71H,10-30,33-34,49-57H2,1-9H3/q+1. The van der Waals surface area contributed by atoms with Crippen molar-refractivity contribution in [3.05, 3.63) is 97.1 Å². The minimum Gasteiger partial charge on any atom is -0.401 e. The third-order valence-electron chi connectivity index (χ3n) is 18.3. The summed E-state index contributed by atoms with van der Waals surface area (Å²) in [7, 11) is -9.69. The van der Waals surface area contributed by atoms with Gasteiger partial charge in [-0.05, 0) is 60.6 Å². The van der Waals surface area contributed by atoms with E-state index in [1.54, 1.807) is 27.7 Å². The van der Waals surface area contributed by atoms with Crippen LogP contribution < -0.4 is 46.4 Å². The fraction of sp³-hybridized carbons (Fsp3) is 0.642. The van der Waals surface area contributed by atoms with Crippen molar-refractivity contribution in [2.45, 2.75) is 276 Å². The van der Waals surface area contributed by atoms with Crippen LogP contribution in [0.1, 0.15) is 210 Å². The molecule has 5 rings (SSSR count). The molecule has 0 heterocycles. The first-order valence-corrected chi connectivity index (χ1v) is 43.0. The van der Waals surface area contributed by atoms with Crippen LogP contribution in [0.3, 0.4) is 0 Å². The molecule has 0 spiro atoms. The molecule has 0 amide bonds. The lowest BCUT2D eigenvalue weighted by Crippen LogP contribution is -2.49. The average Bonchev–Trinajstić information content (AvgIpc) is 3.47. The van der Waals surface area contributed by atoms with E-state index >= 15 is 0 Å². The quantitative estimate of drug-likeness (QED) is 0.0357. The van der Waals surface area contributed by atoms with Crippen molar-refractivity contribution in [2.75, 3.05) is 0 Å². The Kier molecular flexibility index (Phi) is 28.8. The van der Waals surface area contributed by atoms with Gasteiger partial charge >= 0.3 is 6.36 Å². The molecule has 0 aromatic heterocycles. The van der Waals surface area contributed by atoms with Crippen molar-refractivity contribution in [2.24, 2.45) is 0 Å². The predicted molar refractivity (Wildman–Crippen MR) is 348 cm³/mol. The highest BCUT2D eigenvalue weighted by atomic mass is 31.2. The van der Waals surface area contributed by atoms with Crippen molar-refractivity contribution < 1.29 is 17.9 Å². The van der Waals surface area contributed by atoms with E-state index in [-0.39, 0.29) is 11.4 Å². The summed E-state index contributed by atoms with van der Waals surface area (Å²) in [6.45, 7) is 21.1. The second-order valence-electron chi connectivity index (χ2n) is 23.9. The number of alkyl halides is 3. The summed E-state index contributed by atoms with van der Waals surface area (Å²) in [6, 6.07) is 49.4. The van der Waals surface area contributed by atoms with Crippen LogP contribution in [0.2, 0.25) is 54.4 Å². The van der Waals surface area contributed by atoms with Gasteiger partial charge in [0.2, 0.25) is 0 Å². The molecule has 1 atom stereocenters. The minimum absolute atomic E-state index is 0.0363. The molecule has 77 heavy (non-hydrogen) atoms. The molecule has 0 saturated heterocycles. The summed E-state index contributed by atoms with van der Waals surface area (Å²) < 4.78 is 50.1. The molecule has 0 bridgehead atoms. The summed E-state index contributed by atoms with van der Waals surface area (Å²) in [5.74, 6) is -0.0363. The SMILES string of the molecule is CCCC[Si](CCCC)(CCCC)c1ccc(P(N[P+](c2ccc([Si](CCCC)(CCCC)CCCC)cc2)(c2ccccc2OC(F)(F)F)C2CCCCC2)c2ccc([Si](CCCC)(CCCC)CCCC)cc2)cc1. The van der Waals surface area contributed by atoms with Gasteiger partial charge in [-0.3, -0.25) is 0 Å². The Morgan fingerprint density at radius 2 is 0.753 bits per heavy atom. The number of ether oxygens (including phenoxy) is 1. The predicted octanol–water partition coefficient (Wildman–Crippen LogP) is 19.6. The zero-order chi connectivity index (χ0) is 55.6. The number of nitrogens with one attached hydrogen (secondary N) is 1. The molecule has 4 aromatic rings. The number of hydrogen-bond donors (Lipinski definition) is 1. The maximum atomic E-state index is 15.0. The molecule has 1 saturated carbocycles. The Morgan fingerprint density at radius 3 is 1.06 bits per heavy atom. The average molecular weight is 1150 g/mol. The van der Waals surface area contributed by atoms with Gasteiger partial charge in [0.15, 0.2) is 18.5 Å². The van der Waals surface area contributed by atoms with Gasteiger partial charge in [0.25, 0.3) is 0 Å².